The molecule has 2 rings (SSSR count). The lowest BCUT2D eigenvalue weighted by Crippen LogP contribution is -2.45. The summed E-state index contributed by atoms with van der Waals surface area (Å²) in [6, 6.07) is 6.79. The van der Waals surface area contributed by atoms with Gasteiger partial charge in [0.1, 0.15) is 0 Å². The van der Waals surface area contributed by atoms with Crippen LogP contribution in [0.4, 0.5) is 0 Å². The van der Waals surface area contributed by atoms with E-state index >= 15 is 0 Å². The molecule has 0 amide bonds. The molecule has 0 spiro atoms. The summed E-state index contributed by atoms with van der Waals surface area (Å²) in [5, 5.41) is 3.57. The monoisotopic (exact) mass is 310 g/mol. The Morgan fingerprint density at radius 3 is 2.52 bits per heavy atom. The SMILES string of the molecule is CCS(=O)(=O)N1CCC(NCc2cccc(C)c2C)CC1. The Balaban J connectivity index is 1.86. The third-order valence-electron chi connectivity index (χ3n) is 4.51. The van der Waals surface area contributed by atoms with Crippen molar-refractivity contribution in [3.05, 3.63) is 34.9 Å². The van der Waals surface area contributed by atoms with Gasteiger partial charge in [0, 0.05) is 25.7 Å². The van der Waals surface area contributed by atoms with Gasteiger partial charge in [0.2, 0.25) is 10.0 Å². The van der Waals surface area contributed by atoms with Gasteiger partial charge in [-0.3, -0.25) is 0 Å². The summed E-state index contributed by atoms with van der Waals surface area (Å²) < 4.78 is 25.3. The van der Waals surface area contributed by atoms with Gasteiger partial charge in [0.05, 0.1) is 5.75 Å². The molecular formula is C16H26N2O2S. The van der Waals surface area contributed by atoms with E-state index in [1.807, 2.05) is 0 Å². The van der Waals surface area contributed by atoms with Crippen molar-refractivity contribution in [1.82, 2.24) is 9.62 Å². The van der Waals surface area contributed by atoms with Crippen LogP contribution in [0.3, 0.4) is 0 Å². The van der Waals surface area contributed by atoms with Crippen LogP contribution in [0.1, 0.15) is 36.5 Å². The minimum atomic E-state index is -3.02. The highest BCUT2D eigenvalue weighted by molar-refractivity contribution is 7.89. The molecule has 0 radical (unpaired) electrons. The number of nitrogens with one attached hydrogen (secondary N) is 1. The van der Waals surface area contributed by atoms with Gasteiger partial charge in [-0.2, -0.15) is 0 Å². The van der Waals surface area contributed by atoms with E-state index in [2.05, 4.69) is 37.4 Å². The number of hydrogen-bond donors (Lipinski definition) is 1. The molecule has 0 saturated carbocycles. The second kappa shape index (κ2) is 6.90. The fraction of sp³-hybridized carbons (Fsp3) is 0.625. The van der Waals surface area contributed by atoms with E-state index in [1.54, 1.807) is 11.2 Å². The molecule has 4 nitrogen and oxygen atoms in total. The van der Waals surface area contributed by atoms with E-state index < -0.39 is 10.0 Å². The Morgan fingerprint density at radius 1 is 1.24 bits per heavy atom. The molecule has 0 aliphatic carbocycles. The number of hydrogen-bond acceptors (Lipinski definition) is 3. The molecule has 1 aliphatic heterocycles. The Morgan fingerprint density at radius 2 is 1.90 bits per heavy atom. The molecule has 0 bridgehead atoms. The Bertz CT molecular complexity index is 576. The van der Waals surface area contributed by atoms with E-state index in [9.17, 15) is 8.42 Å². The molecule has 0 unspecified atom stereocenters. The lowest BCUT2D eigenvalue weighted by molar-refractivity contribution is 0.289. The summed E-state index contributed by atoms with van der Waals surface area (Å²) in [5.74, 6) is 0.202. The summed E-state index contributed by atoms with van der Waals surface area (Å²) in [6.45, 7) is 8.13. The molecule has 118 valence electrons. The van der Waals surface area contributed by atoms with Gasteiger partial charge in [0.15, 0.2) is 0 Å². The quantitative estimate of drug-likeness (QED) is 0.907. The van der Waals surface area contributed by atoms with Gasteiger partial charge in [-0.05, 0) is 50.3 Å². The highest BCUT2D eigenvalue weighted by Gasteiger charge is 2.26. The van der Waals surface area contributed by atoms with Crippen LogP contribution < -0.4 is 5.32 Å². The van der Waals surface area contributed by atoms with E-state index in [4.69, 9.17) is 0 Å². The van der Waals surface area contributed by atoms with Crippen LogP contribution in [0.15, 0.2) is 18.2 Å². The molecule has 1 N–H and O–H groups in total. The van der Waals surface area contributed by atoms with E-state index in [-0.39, 0.29) is 5.75 Å². The summed E-state index contributed by atoms with van der Waals surface area (Å²) in [6.07, 6.45) is 1.79. The molecule has 1 aliphatic rings. The topological polar surface area (TPSA) is 49.4 Å². The molecule has 1 fully saturated rings. The van der Waals surface area contributed by atoms with Crippen molar-refractivity contribution in [2.45, 2.75) is 46.2 Å². The molecule has 5 heteroatoms. The lowest BCUT2D eigenvalue weighted by atomic mass is 10.0. The van der Waals surface area contributed by atoms with E-state index in [0.717, 1.165) is 19.4 Å². The average Bonchev–Trinajstić information content (AvgIpc) is 2.49. The van der Waals surface area contributed by atoms with Crippen molar-refractivity contribution in [3.63, 3.8) is 0 Å². The summed E-state index contributed by atoms with van der Waals surface area (Å²) in [7, 11) is -3.02. The zero-order valence-electron chi connectivity index (χ0n) is 13.2. The average molecular weight is 310 g/mol. The minimum absolute atomic E-state index is 0.202. The lowest BCUT2D eigenvalue weighted by Gasteiger charge is -2.31. The molecule has 21 heavy (non-hydrogen) atoms. The van der Waals surface area contributed by atoms with Crippen LogP contribution in [0, 0.1) is 13.8 Å². The fourth-order valence-corrected chi connectivity index (χ4v) is 3.91. The second-order valence-electron chi connectivity index (χ2n) is 5.81. The van der Waals surface area contributed by atoms with Crippen molar-refractivity contribution < 1.29 is 8.42 Å². The molecule has 0 atom stereocenters. The fourth-order valence-electron chi connectivity index (χ4n) is 2.78. The molecule has 1 aromatic rings. The molecular weight excluding hydrogens is 284 g/mol. The smallest absolute Gasteiger partial charge is 0.213 e. The molecule has 1 aromatic carbocycles. The van der Waals surface area contributed by atoms with Crippen LogP contribution >= 0.6 is 0 Å². The number of aryl methyl sites for hydroxylation is 1. The Hall–Kier alpha value is -0.910. The molecule has 1 saturated heterocycles. The first-order valence-corrected chi connectivity index (χ1v) is 9.31. The maximum atomic E-state index is 11.8. The zero-order valence-corrected chi connectivity index (χ0v) is 14.0. The first-order chi connectivity index (χ1) is 9.94. The minimum Gasteiger partial charge on any atom is -0.310 e. The number of piperidine rings is 1. The third kappa shape index (κ3) is 4.05. The predicted octanol–water partition coefficient (Wildman–Crippen LogP) is 2.21. The summed E-state index contributed by atoms with van der Waals surface area (Å²) in [4.78, 5) is 0. The standard InChI is InChI=1S/C16H26N2O2S/c1-4-21(19,20)18-10-8-16(9-11-18)17-12-15-7-5-6-13(2)14(15)3/h5-7,16-17H,4,8-12H2,1-3H3. The Kier molecular flexibility index (Phi) is 5.41. The van der Waals surface area contributed by atoms with E-state index in [1.165, 1.54) is 16.7 Å². The van der Waals surface area contributed by atoms with Crippen molar-refractivity contribution in [2.24, 2.45) is 0 Å². The third-order valence-corrected chi connectivity index (χ3v) is 6.39. The van der Waals surface area contributed by atoms with Crippen molar-refractivity contribution in [1.29, 1.82) is 0 Å². The van der Waals surface area contributed by atoms with Crippen LogP contribution in [-0.2, 0) is 16.6 Å². The second-order valence-corrected chi connectivity index (χ2v) is 8.07. The maximum absolute atomic E-state index is 11.8. The van der Waals surface area contributed by atoms with Crippen LogP contribution in [0.2, 0.25) is 0 Å². The maximum Gasteiger partial charge on any atom is 0.213 e. The van der Waals surface area contributed by atoms with Gasteiger partial charge in [-0.25, -0.2) is 12.7 Å². The highest BCUT2D eigenvalue weighted by atomic mass is 32.2. The number of sulfonamides is 1. The number of rotatable bonds is 5. The molecule has 0 aromatic heterocycles. The first-order valence-electron chi connectivity index (χ1n) is 7.70. The van der Waals surface area contributed by atoms with Gasteiger partial charge in [-0.15, -0.1) is 0 Å². The van der Waals surface area contributed by atoms with E-state index in [0.29, 0.717) is 19.1 Å². The van der Waals surface area contributed by atoms with Crippen molar-refractivity contribution in [3.8, 4) is 0 Å². The van der Waals surface area contributed by atoms with Gasteiger partial charge in [-0.1, -0.05) is 18.2 Å². The zero-order chi connectivity index (χ0) is 15.5. The Labute approximate surface area is 128 Å². The van der Waals surface area contributed by atoms with Crippen LogP contribution in [-0.4, -0.2) is 37.6 Å². The van der Waals surface area contributed by atoms with Gasteiger partial charge in [0.25, 0.3) is 0 Å². The number of nitrogens with zero attached hydrogens (tertiary/aromatic N) is 1. The molecule has 1 heterocycles. The first kappa shape index (κ1) is 16.5. The van der Waals surface area contributed by atoms with Gasteiger partial charge >= 0.3 is 0 Å². The van der Waals surface area contributed by atoms with Gasteiger partial charge < -0.3 is 5.32 Å². The summed E-state index contributed by atoms with van der Waals surface area (Å²) >= 11 is 0. The largest absolute Gasteiger partial charge is 0.310 e. The van der Waals surface area contributed by atoms with Crippen molar-refractivity contribution in [2.75, 3.05) is 18.8 Å². The highest BCUT2D eigenvalue weighted by Crippen LogP contribution is 2.16. The normalized spacial score (nSPS) is 18.0. The predicted molar refractivity (Wildman–Crippen MR) is 86.8 cm³/mol. The van der Waals surface area contributed by atoms with Crippen LogP contribution in [0.5, 0.6) is 0 Å². The van der Waals surface area contributed by atoms with Crippen LogP contribution in [0.25, 0.3) is 0 Å². The summed E-state index contributed by atoms with van der Waals surface area (Å²) in [5.41, 5.74) is 3.99. The number of benzene rings is 1. The van der Waals surface area contributed by atoms with Crippen molar-refractivity contribution >= 4 is 10.0 Å².